The molecule has 4 rings (SSSR count). The topological polar surface area (TPSA) is 119 Å². The number of rotatable bonds is 7. The maximum atomic E-state index is 14.0. The van der Waals surface area contributed by atoms with Crippen molar-refractivity contribution >= 4 is 17.5 Å². The van der Waals surface area contributed by atoms with Crippen LogP contribution in [0.2, 0.25) is 0 Å². The molecule has 0 radical (unpaired) electrons. The predicted molar refractivity (Wildman–Crippen MR) is 139 cm³/mol. The summed E-state index contributed by atoms with van der Waals surface area (Å²) < 4.78 is 5.57. The first kappa shape index (κ1) is 25.7. The van der Waals surface area contributed by atoms with Gasteiger partial charge in [0.15, 0.2) is 5.76 Å². The molecule has 0 spiro atoms. The average molecular weight is 502 g/mol. The van der Waals surface area contributed by atoms with Crippen molar-refractivity contribution in [1.82, 2.24) is 30.5 Å². The molecule has 0 saturated carbocycles. The first-order valence-corrected chi connectivity index (χ1v) is 12.0. The smallest absolute Gasteiger partial charge is 0.251 e. The number of aryl methyl sites for hydroxylation is 2. The van der Waals surface area contributed by atoms with Crippen LogP contribution in [0.5, 0.6) is 0 Å². The average Bonchev–Trinajstić information content (AvgIpc) is 3.47. The Morgan fingerprint density at radius 2 is 1.78 bits per heavy atom. The maximum absolute atomic E-state index is 14.0. The highest BCUT2D eigenvalue weighted by Crippen LogP contribution is 2.32. The van der Waals surface area contributed by atoms with Gasteiger partial charge in [-0.2, -0.15) is 4.80 Å². The molecule has 2 amide bonds. The first-order chi connectivity index (χ1) is 17.5. The van der Waals surface area contributed by atoms with Crippen molar-refractivity contribution in [2.45, 2.75) is 59.7 Å². The van der Waals surface area contributed by atoms with Crippen molar-refractivity contribution in [3.8, 4) is 11.6 Å². The number of nitrogens with one attached hydrogen (secondary N) is 1. The minimum absolute atomic E-state index is 0.232. The Morgan fingerprint density at radius 1 is 1.05 bits per heavy atom. The standard InChI is InChI=1S/C27H31N7O3/c1-17-8-7-9-21(19(17)3)34(24(20-12-14-28-15-13-20)26(36)29-27(4,5)6)23(35)16-33-31-25(30-32-33)22-11-10-18(2)37-22/h7-15,24H,16H2,1-6H3,(H,29,36)/t24-/m1/s1. The van der Waals surface area contributed by atoms with Crippen LogP contribution in [0.1, 0.15) is 49.3 Å². The lowest BCUT2D eigenvalue weighted by atomic mass is 9.99. The molecule has 10 nitrogen and oxygen atoms in total. The molecule has 0 bridgehead atoms. The molecule has 0 fully saturated rings. The Hall–Kier alpha value is -4.34. The fourth-order valence-electron chi connectivity index (χ4n) is 3.98. The van der Waals surface area contributed by atoms with E-state index in [0.717, 1.165) is 11.1 Å². The van der Waals surface area contributed by atoms with E-state index in [1.807, 2.05) is 59.7 Å². The number of carbonyl (C=O) groups is 2. The second-order valence-electron chi connectivity index (χ2n) is 9.96. The number of aromatic nitrogens is 5. The van der Waals surface area contributed by atoms with Crippen molar-refractivity contribution in [2.75, 3.05) is 4.90 Å². The molecule has 192 valence electrons. The van der Waals surface area contributed by atoms with Gasteiger partial charge in [-0.3, -0.25) is 19.5 Å². The van der Waals surface area contributed by atoms with Crippen LogP contribution in [0, 0.1) is 20.8 Å². The number of carbonyl (C=O) groups excluding carboxylic acids is 2. The molecule has 1 aromatic carbocycles. The summed E-state index contributed by atoms with van der Waals surface area (Å²) in [6.45, 7) is 11.2. The summed E-state index contributed by atoms with van der Waals surface area (Å²) in [6.07, 6.45) is 3.21. The lowest BCUT2D eigenvalue weighted by Crippen LogP contribution is -2.50. The zero-order chi connectivity index (χ0) is 26.7. The van der Waals surface area contributed by atoms with Crippen molar-refractivity contribution in [3.63, 3.8) is 0 Å². The largest absolute Gasteiger partial charge is 0.458 e. The van der Waals surface area contributed by atoms with Gasteiger partial charge in [-0.25, -0.2) is 0 Å². The Kier molecular flexibility index (Phi) is 7.19. The summed E-state index contributed by atoms with van der Waals surface area (Å²) in [4.78, 5) is 34.5. The number of nitrogens with zero attached hydrogens (tertiary/aromatic N) is 6. The third kappa shape index (κ3) is 5.91. The summed E-state index contributed by atoms with van der Waals surface area (Å²) >= 11 is 0. The number of hydrogen-bond acceptors (Lipinski definition) is 7. The summed E-state index contributed by atoms with van der Waals surface area (Å²) in [7, 11) is 0. The predicted octanol–water partition coefficient (Wildman–Crippen LogP) is 3.94. The molecule has 1 N–H and O–H groups in total. The van der Waals surface area contributed by atoms with E-state index in [1.165, 1.54) is 9.70 Å². The fourth-order valence-corrected chi connectivity index (χ4v) is 3.98. The van der Waals surface area contributed by atoms with Crippen LogP contribution in [0.15, 0.2) is 59.3 Å². The molecule has 0 aliphatic rings. The van der Waals surface area contributed by atoms with Gasteiger partial charge in [0.25, 0.3) is 5.91 Å². The Labute approximate surface area is 215 Å². The van der Waals surface area contributed by atoms with Gasteiger partial charge < -0.3 is 9.73 Å². The molecule has 4 aromatic rings. The normalized spacial score (nSPS) is 12.3. The van der Waals surface area contributed by atoms with Crippen molar-refractivity contribution in [2.24, 2.45) is 0 Å². The van der Waals surface area contributed by atoms with Gasteiger partial charge in [0.05, 0.1) is 0 Å². The highest BCUT2D eigenvalue weighted by atomic mass is 16.3. The van der Waals surface area contributed by atoms with Gasteiger partial charge in [0.1, 0.15) is 18.3 Å². The minimum atomic E-state index is -0.953. The molecular weight excluding hydrogens is 470 g/mol. The third-order valence-electron chi connectivity index (χ3n) is 5.82. The molecule has 10 heteroatoms. The zero-order valence-corrected chi connectivity index (χ0v) is 21.9. The Balaban J connectivity index is 1.77. The number of anilines is 1. The molecule has 3 heterocycles. The minimum Gasteiger partial charge on any atom is -0.458 e. The van der Waals surface area contributed by atoms with Gasteiger partial charge in [0, 0.05) is 23.6 Å². The number of hydrogen-bond donors (Lipinski definition) is 1. The molecule has 0 saturated heterocycles. The van der Waals surface area contributed by atoms with Crippen LogP contribution >= 0.6 is 0 Å². The van der Waals surface area contributed by atoms with E-state index in [-0.39, 0.29) is 24.2 Å². The first-order valence-electron chi connectivity index (χ1n) is 12.0. The second-order valence-corrected chi connectivity index (χ2v) is 9.96. The van der Waals surface area contributed by atoms with E-state index >= 15 is 0 Å². The van der Waals surface area contributed by atoms with E-state index in [2.05, 4.69) is 25.7 Å². The lowest BCUT2D eigenvalue weighted by molar-refractivity contribution is -0.128. The molecule has 0 aliphatic carbocycles. The molecular formula is C27H31N7O3. The number of tetrazole rings is 1. The summed E-state index contributed by atoms with van der Waals surface area (Å²) in [5.74, 6) is 0.760. The monoisotopic (exact) mass is 501 g/mol. The van der Waals surface area contributed by atoms with Crippen LogP contribution < -0.4 is 10.2 Å². The van der Waals surface area contributed by atoms with Gasteiger partial charge in [-0.15, -0.1) is 10.2 Å². The van der Waals surface area contributed by atoms with E-state index in [0.29, 0.717) is 22.8 Å². The number of amides is 2. The SMILES string of the molecule is Cc1ccc(-c2nnn(CC(=O)N(c3cccc(C)c3C)[C@@H](C(=O)NC(C)(C)C)c3ccncc3)n2)o1. The maximum Gasteiger partial charge on any atom is 0.251 e. The summed E-state index contributed by atoms with van der Waals surface area (Å²) in [5, 5.41) is 15.4. The zero-order valence-electron chi connectivity index (χ0n) is 21.9. The van der Waals surface area contributed by atoms with Crippen LogP contribution in [0.25, 0.3) is 11.6 Å². The van der Waals surface area contributed by atoms with Gasteiger partial charge in [-0.1, -0.05) is 12.1 Å². The van der Waals surface area contributed by atoms with Crippen LogP contribution in [0.3, 0.4) is 0 Å². The van der Waals surface area contributed by atoms with E-state index in [9.17, 15) is 9.59 Å². The van der Waals surface area contributed by atoms with E-state index in [4.69, 9.17) is 4.42 Å². The number of benzene rings is 1. The number of pyridine rings is 1. The van der Waals surface area contributed by atoms with Crippen LogP contribution in [-0.2, 0) is 16.1 Å². The molecule has 0 unspecified atom stereocenters. The Bertz CT molecular complexity index is 1400. The fraction of sp³-hybridized carbons (Fsp3) is 0.333. The number of furan rings is 1. The summed E-state index contributed by atoms with van der Waals surface area (Å²) in [6, 6.07) is 11.7. The van der Waals surface area contributed by atoms with Crippen molar-refractivity contribution in [3.05, 3.63) is 77.3 Å². The van der Waals surface area contributed by atoms with Crippen molar-refractivity contribution < 1.29 is 14.0 Å². The molecule has 3 aromatic heterocycles. The molecule has 0 aliphatic heterocycles. The lowest BCUT2D eigenvalue weighted by Gasteiger charge is -2.34. The van der Waals surface area contributed by atoms with Gasteiger partial charge >= 0.3 is 0 Å². The Morgan fingerprint density at radius 3 is 2.43 bits per heavy atom. The van der Waals surface area contributed by atoms with Crippen LogP contribution in [0.4, 0.5) is 5.69 Å². The second kappa shape index (κ2) is 10.3. The van der Waals surface area contributed by atoms with E-state index < -0.39 is 11.6 Å². The van der Waals surface area contributed by atoms with Crippen LogP contribution in [-0.4, -0.2) is 42.5 Å². The van der Waals surface area contributed by atoms with Crippen molar-refractivity contribution in [1.29, 1.82) is 0 Å². The highest BCUT2D eigenvalue weighted by Gasteiger charge is 2.35. The summed E-state index contributed by atoms with van der Waals surface area (Å²) in [5.41, 5.74) is 2.62. The molecule has 37 heavy (non-hydrogen) atoms. The third-order valence-corrected chi connectivity index (χ3v) is 5.82. The van der Waals surface area contributed by atoms with Gasteiger partial charge in [0.2, 0.25) is 11.7 Å². The molecule has 1 atom stereocenters. The highest BCUT2D eigenvalue weighted by molar-refractivity contribution is 6.02. The quantitative estimate of drug-likeness (QED) is 0.407. The van der Waals surface area contributed by atoms with E-state index in [1.54, 1.807) is 36.7 Å². The van der Waals surface area contributed by atoms with Gasteiger partial charge in [-0.05, 0) is 93.8 Å².